The smallest absolute Gasteiger partial charge is 0.125 e. The van der Waals surface area contributed by atoms with Crippen LogP contribution in [0.2, 0.25) is 0 Å². The zero-order valence-electron chi connectivity index (χ0n) is 4.13. The standard InChI is InChI=1S/C6H4O2/c7-3-1-6-2-4-8-5-6/h1-2,4-5H. The third kappa shape index (κ3) is 0.863. The fourth-order valence-corrected chi connectivity index (χ4v) is 0.425. The molecule has 1 heterocycles. The molecule has 0 fully saturated rings. The SMILES string of the molecule is O=C=Cc1ccoc1. The first-order valence-electron chi connectivity index (χ1n) is 2.16. The highest BCUT2D eigenvalue weighted by Crippen LogP contribution is 1.98. The number of hydrogen-bond acceptors (Lipinski definition) is 2. The van der Waals surface area contributed by atoms with E-state index in [9.17, 15) is 4.79 Å². The molecule has 0 N–H and O–H groups in total. The maximum atomic E-state index is 9.65. The number of carbonyl (C=O) groups excluding carboxylic acids is 1. The number of furan rings is 1. The molecular formula is C6H4O2. The van der Waals surface area contributed by atoms with Crippen LogP contribution in [0.15, 0.2) is 23.0 Å². The topological polar surface area (TPSA) is 30.2 Å². The van der Waals surface area contributed by atoms with Crippen molar-refractivity contribution in [1.29, 1.82) is 0 Å². The van der Waals surface area contributed by atoms with Gasteiger partial charge in [0.1, 0.15) is 5.94 Å². The van der Waals surface area contributed by atoms with Crippen LogP contribution in [0.4, 0.5) is 0 Å². The molecule has 1 aromatic rings. The average molecular weight is 108 g/mol. The summed E-state index contributed by atoms with van der Waals surface area (Å²) in [5, 5.41) is 0. The molecule has 0 spiro atoms. The molecule has 0 saturated heterocycles. The molecule has 0 aliphatic carbocycles. The highest BCUT2D eigenvalue weighted by atomic mass is 16.3. The Morgan fingerprint density at radius 2 is 2.62 bits per heavy atom. The van der Waals surface area contributed by atoms with E-state index in [1.54, 1.807) is 12.0 Å². The van der Waals surface area contributed by atoms with Crippen molar-refractivity contribution >= 4 is 12.0 Å². The van der Waals surface area contributed by atoms with Crippen molar-refractivity contribution in [3.8, 4) is 0 Å². The van der Waals surface area contributed by atoms with Crippen LogP contribution in [0.1, 0.15) is 5.56 Å². The second-order valence-electron chi connectivity index (χ2n) is 1.32. The Hall–Kier alpha value is -1.27. The van der Waals surface area contributed by atoms with E-state index >= 15 is 0 Å². The first-order valence-corrected chi connectivity index (χ1v) is 2.16. The fraction of sp³-hybridized carbons (Fsp3) is 0. The summed E-state index contributed by atoms with van der Waals surface area (Å²) in [7, 11) is 0. The van der Waals surface area contributed by atoms with Gasteiger partial charge in [-0.1, -0.05) is 0 Å². The molecule has 0 atom stereocenters. The van der Waals surface area contributed by atoms with Gasteiger partial charge < -0.3 is 4.42 Å². The Labute approximate surface area is 46.4 Å². The third-order valence-corrected chi connectivity index (χ3v) is 0.769. The molecule has 0 saturated carbocycles. The minimum atomic E-state index is 0.750. The van der Waals surface area contributed by atoms with Crippen LogP contribution in [0, 0.1) is 0 Å². The molecule has 2 heteroatoms. The van der Waals surface area contributed by atoms with Crippen LogP contribution in [-0.2, 0) is 4.79 Å². The summed E-state index contributed by atoms with van der Waals surface area (Å²) in [6, 6.07) is 1.69. The minimum Gasteiger partial charge on any atom is -0.472 e. The molecule has 2 nitrogen and oxygen atoms in total. The quantitative estimate of drug-likeness (QED) is 0.504. The first kappa shape index (κ1) is 4.88. The highest BCUT2D eigenvalue weighted by molar-refractivity contribution is 5.73. The summed E-state index contributed by atoms with van der Waals surface area (Å²) in [6.07, 6.45) is 4.29. The van der Waals surface area contributed by atoms with Crippen LogP contribution in [-0.4, -0.2) is 5.94 Å². The lowest BCUT2D eigenvalue weighted by atomic mass is 10.3. The van der Waals surface area contributed by atoms with Gasteiger partial charge in [-0.2, -0.15) is 0 Å². The van der Waals surface area contributed by atoms with Gasteiger partial charge in [-0.3, -0.25) is 0 Å². The van der Waals surface area contributed by atoms with Crippen LogP contribution in [0.25, 0.3) is 6.08 Å². The molecule has 0 aliphatic rings. The second kappa shape index (κ2) is 2.15. The van der Waals surface area contributed by atoms with Crippen LogP contribution in [0.5, 0.6) is 0 Å². The van der Waals surface area contributed by atoms with Gasteiger partial charge in [-0.05, 0) is 6.07 Å². The predicted octanol–water partition coefficient (Wildman–Crippen LogP) is 1.12. The third-order valence-electron chi connectivity index (χ3n) is 0.769. The van der Waals surface area contributed by atoms with E-state index in [2.05, 4.69) is 4.42 Å². The Morgan fingerprint density at radius 3 is 3.12 bits per heavy atom. The van der Waals surface area contributed by atoms with Gasteiger partial charge in [-0.25, -0.2) is 4.79 Å². The van der Waals surface area contributed by atoms with Crippen LogP contribution >= 0.6 is 0 Å². The molecule has 0 radical (unpaired) electrons. The van der Waals surface area contributed by atoms with Crippen molar-refractivity contribution in [2.24, 2.45) is 0 Å². The second-order valence-corrected chi connectivity index (χ2v) is 1.32. The Balaban J connectivity index is 2.93. The van der Waals surface area contributed by atoms with E-state index in [0.717, 1.165) is 5.56 Å². The van der Waals surface area contributed by atoms with Gasteiger partial charge in [0.05, 0.1) is 12.5 Å². The van der Waals surface area contributed by atoms with Crippen molar-refractivity contribution in [3.63, 3.8) is 0 Å². The van der Waals surface area contributed by atoms with Crippen molar-refractivity contribution in [2.45, 2.75) is 0 Å². The Bertz CT molecular complexity index is 192. The van der Waals surface area contributed by atoms with Crippen LogP contribution in [0.3, 0.4) is 0 Å². The van der Waals surface area contributed by atoms with Gasteiger partial charge in [0.25, 0.3) is 0 Å². The fourth-order valence-electron chi connectivity index (χ4n) is 0.425. The normalized spacial score (nSPS) is 8.00. The molecule has 0 aromatic carbocycles. The average Bonchev–Trinajstić information content (AvgIpc) is 2.19. The molecular weight excluding hydrogens is 104 g/mol. The molecule has 0 unspecified atom stereocenters. The van der Waals surface area contributed by atoms with Crippen molar-refractivity contribution in [1.82, 2.24) is 0 Å². The highest BCUT2D eigenvalue weighted by Gasteiger charge is 1.82. The summed E-state index contributed by atoms with van der Waals surface area (Å²) in [4.78, 5) is 9.65. The largest absolute Gasteiger partial charge is 0.472 e. The van der Waals surface area contributed by atoms with Gasteiger partial charge in [0, 0.05) is 11.6 Å². The maximum absolute atomic E-state index is 9.65. The van der Waals surface area contributed by atoms with E-state index < -0.39 is 0 Å². The zero-order chi connectivity index (χ0) is 5.82. The monoisotopic (exact) mass is 108 g/mol. The lowest BCUT2D eigenvalue weighted by Gasteiger charge is -1.67. The van der Waals surface area contributed by atoms with Gasteiger partial charge in [-0.15, -0.1) is 0 Å². The maximum Gasteiger partial charge on any atom is 0.125 e. The summed E-state index contributed by atoms with van der Waals surface area (Å²) in [5.74, 6) is 1.64. The van der Waals surface area contributed by atoms with E-state index in [4.69, 9.17) is 0 Å². The van der Waals surface area contributed by atoms with Crippen LogP contribution < -0.4 is 0 Å². The molecule has 1 rings (SSSR count). The van der Waals surface area contributed by atoms with Crippen molar-refractivity contribution in [3.05, 3.63) is 24.2 Å². The Morgan fingerprint density at radius 1 is 1.75 bits per heavy atom. The van der Waals surface area contributed by atoms with E-state index in [-0.39, 0.29) is 0 Å². The van der Waals surface area contributed by atoms with Gasteiger partial charge in [0.2, 0.25) is 0 Å². The molecule has 1 aromatic heterocycles. The first-order chi connectivity index (χ1) is 3.93. The van der Waals surface area contributed by atoms with E-state index in [1.807, 2.05) is 0 Å². The van der Waals surface area contributed by atoms with Gasteiger partial charge in [0.15, 0.2) is 0 Å². The predicted molar refractivity (Wildman–Crippen MR) is 28.9 cm³/mol. The van der Waals surface area contributed by atoms with Crippen molar-refractivity contribution in [2.75, 3.05) is 0 Å². The summed E-state index contributed by atoms with van der Waals surface area (Å²) >= 11 is 0. The minimum absolute atomic E-state index is 0.750. The zero-order valence-corrected chi connectivity index (χ0v) is 4.13. The number of rotatable bonds is 1. The van der Waals surface area contributed by atoms with Gasteiger partial charge >= 0.3 is 0 Å². The molecule has 8 heavy (non-hydrogen) atoms. The van der Waals surface area contributed by atoms with E-state index in [1.165, 1.54) is 18.6 Å². The summed E-state index contributed by atoms with van der Waals surface area (Å²) in [5.41, 5.74) is 0.750. The summed E-state index contributed by atoms with van der Waals surface area (Å²) < 4.78 is 4.66. The molecule has 0 amide bonds. The molecule has 0 aliphatic heterocycles. The van der Waals surface area contributed by atoms with E-state index in [0.29, 0.717) is 0 Å². The summed E-state index contributed by atoms with van der Waals surface area (Å²) in [6.45, 7) is 0. The molecule has 0 bridgehead atoms. The lowest BCUT2D eigenvalue weighted by molar-refractivity contribution is 0.565. The van der Waals surface area contributed by atoms with Crippen molar-refractivity contribution < 1.29 is 9.21 Å². The lowest BCUT2D eigenvalue weighted by Crippen LogP contribution is -1.56. The Kier molecular flexibility index (Phi) is 1.31. The molecule has 40 valence electrons. The number of hydrogen-bond donors (Lipinski definition) is 0.